The van der Waals surface area contributed by atoms with Gasteiger partial charge in [-0.1, -0.05) is 18.2 Å². The van der Waals surface area contributed by atoms with Gasteiger partial charge < -0.3 is 5.32 Å². The van der Waals surface area contributed by atoms with E-state index in [9.17, 15) is 4.39 Å². The second-order valence-corrected chi connectivity index (χ2v) is 3.16. The van der Waals surface area contributed by atoms with Crippen LogP contribution in [0.5, 0.6) is 0 Å². The van der Waals surface area contributed by atoms with E-state index in [4.69, 9.17) is 11.6 Å². The first-order valence-corrected chi connectivity index (χ1v) is 4.21. The van der Waals surface area contributed by atoms with Crippen molar-refractivity contribution in [3.05, 3.63) is 34.3 Å². The van der Waals surface area contributed by atoms with Crippen molar-refractivity contribution in [3.63, 3.8) is 0 Å². The lowest BCUT2D eigenvalue weighted by molar-refractivity contribution is 0.626. The van der Waals surface area contributed by atoms with E-state index in [0.717, 1.165) is 0 Å². The van der Waals surface area contributed by atoms with Gasteiger partial charge in [0.05, 0.1) is 9.50 Å². The lowest BCUT2D eigenvalue weighted by Gasteiger charge is -2.03. The van der Waals surface area contributed by atoms with E-state index in [1.54, 1.807) is 0 Å². The Morgan fingerprint density at radius 3 is 3.00 bits per heavy atom. The summed E-state index contributed by atoms with van der Waals surface area (Å²) in [5.41, 5.74) is 0. The zero-order valence-corrected chi connectivity index (χ0v) is 8.28. The van der Waals surface area contributed by atoms with Gasteiger partial charge in [0.2, 0.25) is 0 Å². The summed E-state index contributed by atoms with van der Waals surface area (Å²) in [5.74, 6) is -0.524. The van der Waals surface area contributed by atoms with Crippen molar-refractivity contribution in [2.45, 2.75) is 0 Å². The van der Waals surface area contributed by atoms with Crippen LogP contribution in [-0.2, 0) is 0 Å². The van der Waals surface area contributed by atoms with E-state index < -0.39 is 5.82 Å². The highest BCUT2D eigenvalue weighted by atomic mass is 79.9. The second-order valence-electron chi connectivity index (χ2n) is 1.93. The second kappa shape index (κ2) is 3.87. The van der Waals surface area contributed by atoms with Crippen molar-refractivity contribution in [2.24, 2.45) is 0 Å². The molecule has 64 valence electrons. The van der Waals surface area contributed by atoms with Crippen LogP contribution in [0.3, 0.4) is 0 Å². The quantitative estimate of drug-likeness (QED) is 0.873. The molecule has 5 heteroatoms. The zero-order chi connectivity index (χ0) is 9.14. The molecule has 12 heavy (non-hydrogen) atoms. The van der Waals surface area contributed by atoms with Crippen LogP contribution < -0.4 is 5.32 Å². The Morgan fingerprint density at radius 1 is 1.75 bits per heavy atom. The molecule has 0 bridgehead atoms. The summed E-state index contributed by atoms with van der Waals surface area (Å²) in [6.45, 7) is 3.38. The average Bonchev–Trinajstić information content (AvgIpc) is 2.07. The number of halogens is 3. The molecular formula is C7H5BrClFN2. The average molecular weight is 251 g/mol. The minimum absolute atomic E-state index is 0.00866. The Balaban J connectivity index is 3.16. The number of hydrogen-bond donors (Lipinski definition) is 1. The van der Waals surface area contributed by atoms with Gasteiger partial charge in [0.15, 0.2) is 11.6 Å². The van der Waals surface area contributed by atoms with Gasteiger partial charge in [-0.3, -0.25) is 0 Å². The first-order valence-electron chi connectivity index (χ1n) is 3.03. The normalized spacial score (nSPS) is 9.58. The van der Waals surface area contributed by atoms with E-state index in [1.165, 1.54) is 12.4 Å². The molecule has 0 saturated carbocycles. The molecule has 2 nitrogen and oxygen atoms in total. The highest BCUT2D eigenvalue weighted by Crippen LogP contribution is 2.27. The van der Waals surface area contributed by atoms with Crippen molar-refractivity contribution in [1.29, 1.82) is 0 Å². The van der Waals surface area contributed by atoms with E-state index in [1.807, 2.05) is 0 Å². The topological polar surface area (TPSA) is 24.9 Å². The fourth-order valence-electron chi connectivity index (χ4n) is 0.641. The Hall–Kier alpha value is -0.610. The van der Waals surface area contributed by atoms with Gasteiger partial charge in [0, 0.05) is 6.20 Å². The largest absolute Gasteiger partial charge is 0.345 e. The zero-order valence-electron chi connectivity index (χ0n) is 5.94. The van der Waals surface area contributed by atoms with E-state index in [0.29, 0.717) is 4.47 Å². The van der Waals surface area contributed by atoms with Crippen LogP contribution in [0.4, 0.5) is 10.2 Å². The third kappa shape index (κ3) is 1.76. The molecule has 0 aliphatic carbocycles. The third-order valence-corrected chi connectivity index (χ3v) is 2.36. The van der Waals surface area contributed by atoms with Crippen LogP contribution in [0.15, 0.2) is 23.4 Å². The number of aromatic nitrogens is 1. The summed E-state index contributed by atoms with van der Waals surface area (Å²) in [6.07, 6.45) is 2.74. The smallest absolute Gasteiger partial charge is 0.185 e. The summed E-state index contributed by atoms with van der Waals surface area (Å²) in [4.78, 5) is 3.74. The van der Waals surface area contributed by atoms with Crippen molar-refractivity contribution in [3.8, 4) is 0 Å². The van der Waals surface area contributed by atoms with Crippen LogP contribution in [0.2, 0.25) is 5.02 Å². The monoisotopic (exact) mass is 250 g/mol. The van der Waals surface area contributed by atoms with Crippen LogP contribution in [0.25, 0.3) is 0 Å². The molecular weight excluding hydrogens is 246 g/mol. The number of pyridine rings is 1. The van der Waals surface area contributed by atoms with Gasteiger partial charge in [-0.25, -0.2) is 9.37 Å². The highest BCUT2D eigenvalue weighted by molar-refractivity contribution is 9.10. The molecule has 0 spiro atoms. The van der Waals surface area contributed by atoms with E-state index in [2.05, 4.69) is 32.8 Å². The number of anilines is 1. The summed E-state index contributed by atoms with van der Waals surface area (Å²) in [7, 11) is 0. The van der Waals surface area contributed by atoms with Crippen molar-refractivity contribution >= 4 is 33.3 Å². The number of rotatable bonds is 2. The molecule has 1 N–H and O–H groups in total. The maximum absolute atomic E-state index is 13.1. The highest BCUT2D eigenvalue weighted by Gasteiger charge is 2.09. The summed E-state index contributed by atoms with van der Waals surface area (Å²) < 4.78 is 13.5. The molecule has 0 aliphatic heterocycles. The predicted octanol–water partition coefficient (Wildman–Crippen LogP) is 3.19. The van der Waals surface area contributed by atoms with Gasteiger partial charge in [-0.2, -0.15) is 0 Å². The summed E-state index contributed by atoms with van der Waals surface area (Å²) in [6, 6.07) is 0. The molecule has 0 radical (unpaired) electrons. The molecule has 0 aromatic carbocycles. The first-order chi connectivity index (χ1) is 5.66. The minimum Gasteiger partial charge on any atom is -0.345 e. The summed E-state index contributed by atoms with van der Waals surface area (Å²) in [5, 5.41) is 2.53. The molecule has 0 aliphatic rings. The molecule has 1 aromatic rings. The van der Waals surface area contributed by atoms with Gasteiger partial charge in [0.1, 0.15) is 0 Å². The Morgan fingerprint density at radius 2 is 2.42 bits per heavy atom. The Bertz CT molecular complexity index is 317. The number of hydrogen-bond acceptors (Lipinski definition) is 2. The maximum atomic E-state index is 13.1. The molecule has 0 saturated heterocycles. The maximum Gasteiger partial charge on any atom is 0.185 e. The van der Waals surface area contributed by atoms with Crippen LogP contribution in [0, 0.1) is 5.82 Å². The fourth-order valence-corrected chi connectivity index (χ4v) is 1.06. The molecule has 0 amide bonds. The first kappa shape index (κ1) is 9.48. The van der Waals surface area contributed by atoms with E-state index in [-0.39, 0.29) is 10.8 Å². The lowest BCUT2D eigenvalue weighted by Crippen LogP contribution is -1.95. The molecule has 1 aromatic heterocycles. The molecule has 1 heterocycles. The standard InChI is InChI=1S/C7H5BrClFN2/c1-2-11-7-6(10)5(9)4(8)3-12-7/h2-3H,1H2,(H,11,12). The molecule has 0 unspecified atom stereocenters. The lowest BCUT2D eigenvalue weighted by atomic mass is 10.4. The van der Waals surface area contributed by atoms with Gasteiger partial charge in [0.25, 0.3) is 0 Å². The Kier molecular flexibility index (Phi) is 3.05. The van der Waals surface area contributed by atoms with E-state index >= 15 is 0 Å². The SMILES string of the molecule is C=CNc1ncc(Br)c(Cl)c1F. The van der Waals surface area contributed by atoms with Crippen LogP contribution >= 0.6 is 27.5 Å². The van der Waals surface area contributed by atoms with Gasteiger partial charge in [-0.05, 0) is 22.1 Å². The van der Waals surface area contributed by atoms with Crippen LogP contribution in [-0.4, -0.2) is 4.98 Å². The summed E-state index contributed by atoms with van der Waals surface area (Å²) >= 11 is 8.63. The Labute approximate surface area is 82.6 Å². The molecule has 0 fully saturated rings. The minimum atomic E-state index is -0.592. The van der Waals surface area contributed by atoms with Crippen molar-refractivity contribution in [2.75, 3.05) is 5.32 Å². The fraction of sp³-hybridized carbons (Fsp3) is 0. The van der Waals surface area contributed by atoms with Crippen molar-refractivity contribution < 1.29 is 4.39 Å². The molecule has 1 rings (SSSR count). The third-order valence-electron chi connectivity index (χ3n) is 1.16. The van der Waals surface area contributed by atoms with Crippen molar-refractivity contribution in [1.82, 2.24) is 4.98 Å². The number of nitrogens with one attached hydrogen (secondary N) is 1. The van der Waals surface area contributed by atoms with Gasteiger partial charge in [-0.15, -0.1) is 0 Å². The van der Waals surface area contributed by atoms with Crippen LogP contribution in [0.1, 0.15) is 0 Å². The number of nitrogens with zero attached hydrogens (tertiary/aromatic N) is 1. The predicted molar refractivity (Wildman–Crippen MR) is 50.7 cm³/mol. The van der Waals surface area contributed by atoms with Gasteiger partial charge >= 0.3 is 0 Å². The molecule has 0 atom stereocenters.